The summed E-state index contributed by atoms with van der Waals surface area (Å²) in [5.74, 6) is 1.76. The van der Waals surface area contributed by atoms with Crippen LogP contribution in [-0.4, -0.2) is 13.9 Å². The maximum absolute atomic E-state index is 15.3. The Balaban J connectivity index is 1.69. The van der Waals surface area contributed by atoms with Crippen LogP contribution in [0.4, 0.5) is 4.39 Å². The molecular formula is C29H36BrFO2. The van der Waals surface area contributed by atoms with Gasteiger partial charge in [-0.15, -0.1) is 0 Å². The lowest BCUT2D eigenvalue weighted by atomic mass is 9.39. The van der Waals surface area contributed by atoms with E-state index in [2.05, 4.69) is 61.8 Å². The summed E-state index contributed by atoms with van der Waals surface area (Å²) in [6, 6.07) is 9.79. The van der Waals surface area contributed by atoms with E-state index in [1.807, 2.05) is 0 Å². The van der Waals surface area contributed by atoms with Gasteiger partial charge in [0.1, 0.15) is 11.6 Å². The fraction of sp³-hybridized carbons (Fsp3) is 0.586. The predicted octanol–water partition coefficient (Wildman–Crippen LogP) is 8.61. The van der Waals surface area contributed by atoms with Gasteiger partial charge in [0.05, 0.1) is 0 Å². The van der Waals surface area contributed by atoms with Gasteiger partial charge < -0.3 is 9.47 Å². The molecule has 4 aliphatic rings. The minimum Gasteiger partial charge on any atom is -0.467 e. The summed E-state index contributed by atoms with van der Waals surface area (Å²) in [6.45, 7) is 9.44. The molecule has 0 heterocycles. The van der Waals surface area contributed by atoms with E-state index in [9.17, 15) is 0 Å². The number of methoxy groups -OCH3 is 1. The summed E-state index contributed by atoms with van der Waals surface area (Å²) in [7, 11) is 1.64. The van der Waals surface area contributed by atoms with Crippen LogP contribution in [0.15, 0.2) is 34.8 Å². The van der Waals surface area contributed by atoms with Crippen molar-refractivity contribution in [1.29, 1.82) is 0 Å². The van der Waals surface area contributed by atoms with E-state index in [1.165, 1.54) is 24.8 Å². The third kappa shape index (κ3) is 4.05. The zero-order valence-electron chi connectivity index (χ0n) is 20.6. The molecular weight excluding hydrogens is 479 g/mol. The van der Waals surface area contributed by atoms with Gasteiger partial charge in [0.15, 0.2) is 6.79 Å². The van der Waals surface area contributed by atoms with Crippen molar-refractivity contribution in [3.05, 3.63) is 51.7 Å². The molecule has 0 aromatic heterocycles. The minimum atomic E-state index is -0.185. The molecule has 2 atom stereocenters. The Morgan fingerprint density at radius 1 is 1.00 bits per heavy atom. The third-order valence-corrected chi connectivity index (χ3v) is 9.18. The van der Waals surface area contributed by atoms with Crippen molar-refractivity contribution in [2.75, 3.05) is 13.9 Å². The van der Waals surface area contributed by atoms with Crippen molar-refractivity contribution in [2.45, 2.75) is 77.6 Å². The van der Waals surface area contributed by atoms with Gasteiger partial charge in [0.25, 0.3) is 0 Å². The van der Waals surface area contributed by atoms with Crippen molar-refractivity contribution < 1.29 is 13.9 Å². The van der Waals surface area contributed by atoms with Crippen LogP contribution in [0, 0.1) is 22.6 Å². The average Bonchev–Trinajstić information content (AvgIpc) is 2.69. The van der Waals surface area contributed by atoms with Crippen LogP contribution in [-0.2, 0) is 10.2 Å². The molecule has 4 aliphatic carbocycles. The molecule has 0 aliphatic heterocycles. The summed E-state index contributed by atoms with van der Waals surface area (Å²) in [5.41, 5.74) is 4.72. The number of hydrogen-bond donors (Lipinski definition) is 0. The Labute approximate surface area is 206 Å². The normalized spacial score (nSPS) is 32.5. The van der Waals surface area contributed by atoms with Crippen LogP contribution >= 0.6 is 15.9 Å². The first-order valence-electron chi connectivity index (χ1n) is 12.3. The lowest BCUT2D eigenvalue weighted by Crippen LogP contribution is -2.57. The van der Waals surface area contributed by atoms with Crippen LogP contribution in [0.2, 0.25) is 0 Å². The molecule has 33 heavy (non-hydrogen) atoms. The van der Waals surface area contributed by atoms with E-state index in [-0.39, 0.29) is 18.0 Å². The van der Waals surface area contributed by atoms with Gasteiger partial charge in [-0.05, 0) is 90.5 Å². The van der Waals surface area contributed by atoms with Gasteiger partial charge in [-0.25, -0.2) is 4.39 Å². The van der Waals surface area contributed by atoms with Crippen molar-refractivity contribution in [2.24, 2.45) is 16.7 Å². The van der Waals surface area contributed by atoms with Crippen molar-refractivity contribution in [3.63, 3.8) is 0 Å². The van der Waals surface area contributed by atoms with E-state index in [4.69, 9.17) is 9.47 Å². The van der Waals surface area contributed by atoms with E-state index < -0.39 is 0 Å². The summed E-state index contributed by atoms with van der Waals surface area (Å²) in [5, 5.41) is 0. The molecule has 0 N–H and O–H groups in total. The Hall–Kier alpha value is -1.39. The maximum atomic E-state index is 15.3. The van der Waals surface area contributed by atoms with Gasteiger partial charge >= 0.3 is 0 Å². The fourth-order valence-electron chi connectivity index (χ4n) is 8.32. The molecule has 2 nitrogen and oxygen atoms in total. The van der Waals surface area contributed by atoms with Crippen LogP contribution in [0.25, 0.3) is 11.1 Å². The molecule has 178 valence electrons. The van der Waals surface area contributed by atoms with E-state index in [0.29, 0.717) is 16.7 Å². The molecule has 4 saturated carbocycles. The van der Waals surface area contributed by atoms with Crippen LogP contribution in [0.5, 0.6) is 5.75 Å². The second-order valence-electron chi connectivity index (χ2n) is 12.2. The first-order valence-corrected chi connectivity index (χ1v) is 13.1. The molecule has 4 fully saturated rings. The Morgan fingerprint density at radius 2 is 1.70 bits per heavy atom. The number of benzene rings is 2. The second kappa shape index (κ2) is 8.09. The molecule has 0 radical (unpaired) electrons. The molecule has 4 bridgehead atoms. The smallest absolute Gasteiger partial charge is 0.188 e. The van der Waals surface area contributed by atoms with Crippen LogP contribution in [0.1, 0.15) is 83.3 Å². The maximum Gasteiger partial charge on any atom is 0.188 e. The number of hydrogen-bond acceptors (Lipinski definition) is 2. The Bertz CT molecular complexity index is 1060. The second-order valence-corrected chi connectivity index (χ2v) is 13.0. The van der Waals surface area contributed by atoms with Gasteiger partial charge in [-0.3, -0.25) is 0 Å². The molecule has 2 aromatic rings. The predicted molar refractivity (Wildman–Crippen MR) is 135 cm³/mol. The minimum absolute atomic E-state index is 0.0345. The molecule has 2 aromatic carbocycles. The highest BCUT2D eigenvalue weighted by Crippen LogP contribution is 2.70. The molecule has 0 amide bonds. The van der Waals surface area contributed by atoms with E-state index in [1.54, 1.807) is 19.2 Å². The van der Waals surface area contributed by atoms with Crippen LogP contribution in [0.3, 0.4) is 0 Å². The highest BCUT2D eigenvalue weighted by molar-refractivity contribution is 9.10. The average molecular weight is 516 g/mol. The molecule has 0 saturated heterocycles. The largest absolute Gasteiger partial charge is 0.467 e. The first-order chi connectivity index (χ1) is 15.6. The quantitative estimate of drug-likeness (QED) is 0.359. The Morgan fingerprint density at radius 3 is 2.27 bits per heavy atom. The number of rotatable bonds is 6. The van der Waals surface area contributed by atoms with Crippen molar-refractivity contribution in [3.8, 4) is 16.9 Å². The summed E-state index contributed by atoms with van der Waals surface area (Å²) < 4.78 is 27.9. The molecule has 4 heteroatoms. The fourth-order valence-corrected chi connectivity index (χ4v) is 8.93. The van der Waals surface area contributed by atoms with E-state index in [0.717, 1.165) is 52.1 Å². The summed E-state index contributed by atoms with van der Waals surface area (Å²) in [4.78, 5) is 0. The highest BCUT2D eigenvalue weighted by Gasteiger charge is 2.61. The summed E-state index contributed by atoms with van der Waals surface area (Å²) >= 11 is 3.78. The number of halogens is 2. The molecule has 2 unspecified atom stereocenters. The van der Waals surface area contributed by atoms with E-state index >= 15 is 4.39 Å². The molecule has 0 spiro atoms. The van der Waals surface area contributed by atoms with Crippen molar-refractivity contribution >= 4 is 15.9 Å². The van der Waals surface area contributed by atoms with Gasteiger partial charge in [-0.2, -0.15) is 0 Å². The van der Waals surface area contributed by atoms with Gasteiger partial charge in [0, 0.05) is 28.1 Å². The van der Waals surface area contributed by atoms with Gasteiger partial charge in [-0.1, -0.05) is 55.8 Å². The van der Waals surface area contributed by atoms with Crippen molar-refractivity contribution in [1.82, 2.24) is 0 Å². The third-order valence-electron chi connectivity index (χ3n) is 8.52. The lowest BCUT2D eigenvalue weighted by molar-refractivity contribution is -0.110. The SMILES string of the molecule is COCOc1c(-c2ccc(C(C)C)cc2Br)cc(F)cc1C12CC3CC(C)(CC(C)(C3)C1)C2. The first kappa shape index (κ1) is 23.4. The highest BCUT2D eigenvalue weighted by atomic mass is 79.9. The lowest BCUT2D eigenvalue weighted by Gasteiger charge is -2.65. The standard InChI is InChI=1S/C29H36BrFO2/c1-18(2)20-6-7-22(25(30)8-20)23-9-21(31)10-24(26(23)33-17-32-5)29-13-19-11-27(3,15-29)14-28(4,12-19)16-29/h6-10,18-19H,11-17H2,1-5H3. The summed E-state index contributed by atoms with van der Waals surface area (Å²) in [6.07, 6.45) is 7.28. The zero-order valence-corrected chi connectivity index (χ0v) is 22.1. The Kier molecular flexibility index (Phi) is 5.72. The number of ether oxygens (including phenoxy) is 2. The zero-order chi connectivity index (χ0) is 23.6. The monoisotopic (exact) mass is 514 g/mol. The topological polar surface area (TPSA) is 18.5 Å². The van der Waals surface area contributed by atoms with Gasteiger partial charge in [0.2, 0.25) is 0 Å². The van der Waals surface area contributed by atoms with Crippen LogP contribution < -0.4 is 4.74 Å². The molecule has 6 rings (SSSR count).